The molecular formula is C8H11ClN2O2. The van der Waals surface area contributed by atoms with E-state index in [4.69, 9.17) is 11.6 Å². The second kappa shape index (κ2) is 3.79. The van der Waals surface area contributed by atoms with Gasteiger partial charge >= 0.3 is 5.97 Å². The van der Waals surface area contributed by atoms with Crippen LogP contribution in [0.4, 0.5) is 0 Å². The molecule has 0 N–H and O–H groups in total. The molecule has 5 heteroatoms. The molecule has 1 heterocycles. The zero-order chi connectivity index (χ0) is 10.0. The number of rotatable bonds is 2. The number of hydrogen-bond donors (Lipinski definition) is 0. The van der Waals surface area contributed by atoms with Gasteiger partial charge in [0.15, 0.2) is 0 Å². The lowest BCUT2D eigenvalue weighted by Crippen LogP contribution is -2.04. The van der Waals surface area contributed by atoms with Crippen LogP contribution in [-0.4, -0.2) is 22.9 Å². The van der Waals surface area contributed by atoms with Gasteiger partial charge in [-0.25, -0.2) is 4.79 Å². The van der Waals surface area contributed by atoms with Crippen LogP contribution < -0.4 is 0 Å². The van der Waals surface area contributed by atoms with Gasteiger partial charge in [-0.15, -0.1) is 0 Å². The number of carbonyl (C=O) groups is 1. The summed E-state index contributed by atoms with van der Waals surface area (Å²) in [5.41, 5.74) is 0.304. The molecule has 0 unspecified atom stereocenters. The van der Waals surface area contributed by atoms with Crippen LogP contribution in [-0.2, 0) is 4.74 Å². The molecule has 72 valence electrons. The van der Waals surface area contributed by atoms with Gasteiger partial charge < -0.3 is 4.74 Å². The fourth-order valence-corrected chi connectivity index (χ4v) is 1.32. The summed E-state index contributed by atoms with van der Waals surface area (Å²) in [6, 6.07) is 0.130. The second-order valence-corrected chi connectivity index (χ2v) is 3.24. The van der Waals surface area contributed by atoms with Crippen LogP contribution in [0.2, 0.25) is 5.15 Å². The number of ether oxygens (including phenoxy) is 1. The van der Waals surface area contributed by atoms with Gasteiger partial charge in [0.2, 0.25) is 0 Å². The lowest BCUT2D eigenvalue weighted by molar-refractivity contribution is 0.0601. The summed E-state index contributed by atoms with van der Waals surface area (Å²) in [6.07, 6.45) is 1.41. The smallest absolute Gasteiger partial charge is 0.342 e. The van der Waals surface area contributed by atoms with Gasteiger partial charge in [-0.1, -0.05) is 11.6 Å². The fourth-order valence-electron chi connectivity index (χ4n) is 0.954. The average molecular weight is 203 g/mol. The van der Waals surface area contributed by atoms with Crippen molar-refractivity contribution in [3.05, 3.63) is 16.9 Å². The third kappa shape index (κ3) is 1.83. The van der Waals surface area contributed by atoms with Crippen molar-refractivity contribution in [2.24, 2.45) is 0 Å². The second-order valence-electron chi connectivity index (χ2n) is 2.88. The van der Waals surface area contributed by atoms with E-state index in [1.165, 1.54) is 13.3 Å². The van der Waals surface area contributed by atoms with E-state index in [0.29, 0.717) is 10.7 Å². The van der Waals surface area contributed by atoms with E-state index in [-0.39, 0.29) is 6.04 Å². The third-order valence-corrected chi connectivity index (χ3v) is 2.01. The molecule has 0 aliphatic rings. The Kier molecular flexibility index (Phi) is 2.93. The summed E-state index contributed by atoms with van der Waals surface area (Å²) in [6.45, 7) is 3.86. The van der Waals surface area contributed by atoms with E-state index < -0.39 is 5.97 Å². The summed E-state index contributed by atoms with van der Waals surface area (Å²) >= 11 is 5.89. The average Bonchev–Trinajstić information content (AvgIpc) is 2.46. The minimum absolute atomic E-state index is 0.130. The Morgan fingerprint density at radius 3 is 2.69 bits per heavy atom. The number of esters is 1. The Balaban J connectivity index is 3.06. The Morgan fingerprint density at radius 1 is 1.69 bits per heavy atom. The van der Waals surface area contributed by atoms with Crippen LogP contribution in [0.1, 0.15) is 30.2 Å². The highest BCUT2D eigenvalue weighted by molar-refractivity contribution is 6.32. The van der Waals surface area contributed by atoms with Crippen LogP contribution in [0, 0.1) is 0 Å². The van der Waals surface area contributed by atoms with Crippen molar-refractivity contribution >= 4 is 17.6 Å². The molecule has 1 aromatic rings. The Labute approximate surface area is 81.4 Å². The molecule has 0 spiro atoms. The zero-order valence-electron chi connectivity index (χ0n) is 7.74. The first kappa shape index (κ1) is 10.1. The van der Waals surface area contributed by atoms with Gasteiger partial charge in [0.1, 0.15) is 10.7 Å². The maximum absolute atomic E-state index is 11.1. The minimum atomic E-state index is -0.461. The van der Waals surface area contributed by atoms with Crippen molar-refractivity contribution in [2.45, 2.75) is 19.9 Å². The molecule has 13 heavy (non-hydrogen) atoms. The van der Waals surface area contributed by atoms with Gasteiger partial charge in [-0.2, -0.15) is 5.10 Å². The van der Waals surface area contributed by atoms with E-state index in [9.17, 15) is 4.79 Å². The van der Waals surface area contributed by atoms with Crippen molar-refractivity contribution in [3.8, 4) is 0 Å². The SMILES string of the molecule is COC(=O)c1cnn(C(C)C)c1Cl. The number of halogens is 1. The standard InChI is InChI=1S/C8H11ClN2O2/c1-5(2)11-7(9)6(4-10-11)8(12)13-3/h4-5H,1-3H3. The number of hydrogen-bond acceptors (Lipinski definition) is 3. The topological polar surface area (TPSA) is 44.1 Å². The number of methoxy groups -OCH3 is 1. The van der Waals surface area contributed by atoms with Crippen molar-refractivity contribution in [1.29, 1.82) is 0 Å². The monoisotopic (exact) mass is 202 g/mol. The lowest BCUT2D eigenvalue weighted by atomic mass is 10.3. The first-order chi connectivity index (χ1) is 6.07. The number of nitrogens with zero attached hydrogens (tertiary/aromatic N) is 2. The van der Waals surface area contributed by atoms with Crippen LogP contribution in [0.25, 0.3) is 0 Å². The van der Waals surface area contributed by atoms with Crippen LogP contribution in [0.5, 0.6) is 0 Å². The summed E-state index contributed by atoms with van der Waals surface area (Å²) in [4.78, 5) is 11.1. The van der Waals surface area contributed by atoms with E-state index in [1.54, 1.807) is 4.68 Å². The van der Waals surface area contributed by atoms with Crippen LogP contribution in [0.3, 0.4) is 0 Å². The van der Waals surface area contributed by atoms with Crippen molar-refractivity contribution in [1.82, 2.24) is 9.78 Å². The lowest BCUT2D eigenvalue weighted by Gasteiger charge is -2.06. The van der Waals surface area contributed by atoms with E-state index in [0.717, 1.165) is 0 Å². The fraction of sp³-hybridized carbons (Fsp3) is 0.500. The van der Waals surface area contributed by atoms with Crippen molar-refractivity contribution < 1.29 is 9.53 Å². The van der Waals surface area contributed by atoms with Crippen molar-refractivity contribution in [3.63, 3.8) is 0 Å². The molecule has 0 atom stereocenters. The predicted molar refractivity (Wildman–Crippen MR) is 49.0 cm³/mol. The quantitative estimate of drug-likeness (QED) is 0.688. The molecule has 0 aromatic carbocycles. The molecule has 0 amide bonds. The molecule has 0 radical (unpaired) electrons. The highest BCUT2D eigenvalue weighted by atomic mass is 35.5. The highest BCUT2D eigenvalue weighted by Crippen LogP contribution is 2.19. The highest BCUT2D eigenvalue weighted by Gasteiger charge is 2.17. The van der Waals surface area contributed by atoms with Gasteiger partial charge in [0, 0.05) is 6.04 Å². The molecule has 1 rings (SSSR count). The zero-order valence-corrected chi connectivity index (χ0v) is 8.50. The Hall–Kier alpha value is -1.03. The first-order valence-electron chi connectivity index (χ1n) is 3.89. The van der Waals surface area contributed by atoms with Gasteiger partial charge in [0.25, 0.3) is 0 Å². The summed E-state index contributed by atoms with van der Waals surface area (Å²) in [7, 11) is 1.31. The molecular weight excluding hydrogens is 192 g/mol. The van der Waals surface area contributed by atoms with Gasteiger partial charge in [-0.05, 0) is 13.8 Å². The summed E-state index contributed by atoms with van der Waals surface area (Å²) in [5, 5.41) is 4.29. The predicted octanol–water partition coefficient (Wildman–Crippen LogP) is 1.90. The van der Waals surface area contributed by atoms with Gasteiger partial charge in [-0.3, -0.25) is 4.68 Å². The van der Waals surface area contributed by atoms with Gasteiger partial charge in [0.05, 0.1) is 13.3 Å². The molecule has 1 aromatic heterocycles. The van der Waals surface area contributed by atoms with E-state index >= 15 is 0 Å². The van der Waals surface area contributed by atoms with Crippen LogP contribution >= 0.6 is 11.6 Å². The molecule has 4 nitrogen and oxygen atoms in total. The van der Waals surface area contributed by atoms with Crippen LogP contribution in [0.15, 0.2) is 6.20 Å². The molecule has 0 bridgehead atoms. The molecule has 0 saturated carbocycles. The maximum atomic E-state index is 11.1. The number of carbonyl (C=O) groups excluding carboxylic acids is 1. The third-order valence-electron chi connectivity index (χ3n) is 1.63. The number of aromatic nitrogens is 2. The Bertz CT molecular complexity index is 320. The summed E-state index contributed by atoms with van der Waals surface area (Å²) < 4.78 is 6.10. The normalized spacial score (nSPS) is 10.5. The molecule has 0 saturated heterocycles. The largest absolute Gasteiger partial charge is 0.465 e. The van der Waals surface area contributed by atoms with E-state index in [2.05, 4.69) is 9.84 Å². The molecule has 0 aliphatic carbocycles. The van der Waals surface area contributed by atoms with E-state index in [1.807, 2.05) is 13.8 Å². The van der Waals surface area contributed by atoms with Crippen molar-refractivity contribution in [2.75, 3.05) is 7.11 Å². The molecule has 0 fully saturated rings. The summed E-state index contributed by atoms with van der Waals surface area (Å²) in [5.74, 6) is -0.461. The maximum Gasteiger partial charge on any atom is 0.342 e. The minimum Gasteiger partial charge on any atom is -0.465 e. The Morgan fingerprint density at radius 2 is 2.31 bits per heavy atom. The first-order valence-corrected chi connectivity index (χ1v) is 4.27. The molecule has 0 aliphatic heterocycles.